The highest BCUT2D eigenvalue weighted by molar-refractivity contribution is 6.10. The predicted molar refractivity (Wildman–Crippen MR) is 238 cm³/mol. The molecule has 3 aromatic heterocycles. The molecule has 1 aliphatic heterocycles. The van der Waals surface area contributed by atoms with Crippen molar-refractivity contribution in [2.75, 3.05) is 4.90 Å². The summed E-state index contributed by atoms with van der Waals surface area (Å²) in [5.41, 5.74) is 16.9. The molecule has 0 amide bonds. The Hall–Kier alpha value is -7.69. The van der Waals surface area contributed by atoms with E-state index >= 15 is 0 Å². The van der Waals surface area contributed by atoms with Gasteiger partial charge < -0.3 is 14.0 Å². The van der Waals surface area contributed by atoms with Gasteiger partial charge in [-0.1, -0.05) is 133 Å². The van der Waals surface area contributed by atoms with Crippen LogP contribution in [0.15, 0.2) is 206 Å². The van der Waals surface area contributed by atoms with Crippen LogP contribution in [0.3, 0.4) is 0 Å². The third-order valence-corrected chi connectivity index (χ3v) is 12.7. The number of aromatic nitrogens is 3. The number of pyridine rings is 1. The first kappa shape index (κ1) is 31.5. The topological polar surface area (TPSA) is 26.0 Å². The Balaban J connectivity index is 1.18. The Bertz CT molecular complexity index is 3160. The fourth-order valence-electron chi connectivity index (χ4n) is 10.5. The monoisotopic (exact) mass is 738 g/mol. The van der Waals surface area contributed by atoms with Crippen LogP contribution in [0.25, 0.3) is 66.2 Å². The molecular formula is C54H34N4. The lowest BCUT2D eigenvalue weighted by Crippen LogP contribution is -2.36. The van der Waals surface area contributed by atoms with E-state index in [1.54, 1.807) is 0 Å². The zero-order valence-corrected chi connectivity index (χ0v) is 31.4. The van der Waals surface area contributed by atoms with E-state index < -0.39 is 5.41 Å². The summed E-state index contributed by atoms with van der Waals surface area (Å²) in [7, 11) is 0. The van der Waals surface area contributed by atoms with Crippen molar-refractivity contribution in [1.82, 2.24) is 14.1 Å². The van der Waals surface area contributed by atoms with E-state index in [1.165, 1.54) is 71.4 Å². The molecule has 8 aromatic carbocycles. The molecule has 0 fully saturated rings. The summed E-state index contributed by atoms with van der Waals surface area (Å²) in [5.74, 6) is 0. The first-order chi connectivity index (χ1) is 28.8. The molecular weight excluding hydrogens is 705 g/mol. The largest absolute Gasteiger partial charge is 0.310 e. The van der Waals surface area contributed by atoms with Gasteiger partial charge in [0.2, 0.25) is 0 Å². The van der Waals surface area contributed by atoms with Gasteiger partial charge in [-0.3, -0.25) is 4.98 Å². The van der Waals surface area contributed by atoms with Crippen molar-refractivity contribution >= 4 is 60.7 Å². The summed E-state index contributed by atoms with van der Waals surface area (Å²) in [6.45, 7) is 0. The van der Waals surface area contributed by atoms with Crippen LogP contribution in [0, 0.1) is 0 Å². The molecule has 4 heterocycles. The van der Waals surface area contributed by atoms with E-state index in [1.807, 2.05) is 6.20 Å². The molecule has 11 aromatic rings. The van der Waals surface area contributed by atoms with Crippen molar-refractivity contribution < 1.29 is 0 Å². The van der Waals surface area contributed by atoms with Gasteiger partial charge in [-0.15, -0.1) is 0 Å². The highest BCUT2D eigenvalue weighted by atomic mass is 15.2. The summed E-state index contributed by atoms with van der Waals surface area (Å²) < 4.78 is 4.87. The molecule has 0 bridgehead atoms. The number of fused-ring (bicyclic) bond motifs is 15. The van der Waals surface area contributed by atoms with Gasteiger partial charge in [0, 0.05) is 50.4 Å². The van der Waals surface area contributed by atoms with Gasteiger partial charge >= 0.3 is 0 Å². The minimum Gasteiger partial charge on any atom is -0.310 e. The van der Waals surface area contributed by atoms with E-state index in [9.17, 15) is 0 Å². The lowest BCUT2D eigenvalue weighted by atomic mass is 9.64. The summed E-state index contributed by atoms with van der Waals surface area (Å²) in [6, 6.07) is 73.6. The van der Waals surface area contributed by atoms with E-state index in [0.717, 1.165) is 34.1 Å². The molecule has 0 radical (unpaired) electrons. The summed E-state index contributed by atoms with van der Waals surface area (Å²) in [6.07, 6.45) is 1.94. The van der Waals surface area contributed by atoms with Crippen LogP contribution in [-0.4, -0.2) is 14.1 Å². The molecule has 13 rings (SSSR count). The second kappa shape index (κ2) is 11.7. The lowest BCUT2D eigenvalue weighted by molar-refractivity contribution is 0.750. The maximum Gasteiger partial charge on any atom is 0.0770 e. The molecule has 2 aliphatic rings. The Labute approximate surface area is 335 Å². The van der Waals surface area contributed by atoms with Crippen LogP contribution in [-0.2, 0) is 5.41 Å². The Morgan fingerprint density at radius 1 is 0.345 bits per heavy atom. The highest BCUT2D eigenvalue weighted by Gasteiger charge is 2.52. The second-order valence-corrected chi connectivity index (χ2v) is 15.5. The van der Waals surface area contributed by atoms with Crippen molar-refractivity contribution in [3.8, 4) is 22.6 Å². The normalized spacial score (nSPS) is 13.6. The van der Waals surface area contributed by atoms with Crippen LogP contribution in [0.2, 0.25) is 0 Å². The van der Waals surface area contributed by atoms with Crippen molar-refractivity contribution in [1.29, 1.82) is 0 Å². The molecule has 1 spiro atoms. The van der Waals surface area contributed by atoms with E-state index in [4.69, 9.17) is 4.98 Å². The van der Waals surface area contributed by atoms with Crippen molar-refractivity contribution in [3.05, 3.63) is 229 Å². The third-order valence-electron chi connectivity index (χ3n) is 12.7. The molecule has 0 N–H and O–H groups in total. The standard InChI is InChI=1S/C54H34N4/c1-2-15-35(16-3-1)56-51-33-36(57-47-24-10-5-17-38(47)39-18-6-11-25-48(39)57)28-30-44(51)54(43-22-9-4-21-42(43)53-46(54)23-14-32-55-53)45-31-29-37(34-52(45)56)58-49-26-12-7-19-40(49)41-20-8-13-27-50(41)58/h1-34H. The zero-order chi connectivity index (χ0) is 38.0. The van der Waals surface area contributed by atoms with E-state index in [0.29, 0.717) is 0 Å². The smallest absolute Gasteiger partial charge is 0.0770 e. The van der Waals surface area contributed by atoms with Gasteiger partial charge in [0.05, 0.1) is 44.6 Å². The van der Waals surface area contributed by atoms with Gasteiger partial charge in [-0.05, 0) is 89.0 Å². The SMILES string of the molecule is c1ccc(N2c3cc(-n4c5ccccc5c5ccccc54)ccc3C3(c4ccccc4-c4ncccc43)c3ccc(-n4c5ccccc5c5ccccc54)cc32)cc1. The summed E-state index contributed by atoms with van der Waals surface area (Å²) >= 11 is 0. The Morgan fingerprint density at radius 3 is 1.33 bits per heavy atom. The first-order valence-corrected chi connectivity index (χ1v) is 20.0. The minimum atomic E-state index is -0.616. The van der Waals surface area contributed by atoms with Gasteiger partial charge in [-0.25, -0.2) is 0 Å². The van der Waals surface area contributed by atoms with Crippen LogP contribution < -0.4 is 4.90 Å². The fraction of sp³-hybridized carbons (Fsp3) is 0.0185. The third kappa shape index (κ3) is 4.01. The average Bonchev–Trinajstić information content (AvgIpc) is 3.91. The fourth-order valence-corrected chi connectivity index (χ4v) is 10.5. The number of rotatable bonds is 3. The summed E-state index contributed by atoms with van der Waals surface area (Å²) in [4.78, 5) is 7.61. The molecule has 4 heteroatoms. The Kier molecular flexibility index (Phi) is 6.34. The molecule has 4 nitrogen and oxygen atoms in total. The molecule has 270 valence electrons. The number of para-hydroxylation sites is 5. The molecule has 0 saturated heterocycles. The molecule has 0 atom stereocenters. The molecule has 58 heavy (non-hydrogen) atoms. The molecule has 1 aliphatic carbocycles. The van der Waals surface area contributed by atoms with E-state index in [2.05, 4.69) is 214 Å². The number of benzene rings is 8. The first-order valence-electron chi connectivity index (χ1n) is 20.0. The van der Waals surface area contributed by atoms with Gasteiger partial charge in [0.25, 0.3) is 0 Å². The summed E-state index contributed by atoms with van der Waals surface area (Å²) in [5, 5.41) is 4.99. The Morgan fingerprint density at radius 2 is 0.793 bits per heavy atom. The number of hydrogen-bond donors (Lipinski definition) is 0. The van der Waals surface area contributed by atoms with Crippen LogP contribution in [0.1, 0.15) is 22.3 Å². The maximum absolute atomic E-state index is 5.10. The van der Waals surface area contributed by atoms with Crippen molar-refractivity contribution in [2.24, 2.45) is 0 Å². The highest BCUT2D eigenvalue weighted by Crippen LogP contribution is 2.63. The number of nitrogens with zero attached hydrogens (tertiary/aromatic N) is 4. The van der Waals surface area contributed by atoms with Gasteiger partial charge in [0.15, 0.2) is 0 Å². The van der Waals surface area contributed by atoms with Crippen molar-refractivity contribution in [2.45, 2.75) is 5.41 Å². The van der Waals surface area contributed by atoms with Crippen LogP contribution in [0.5, 0.6) is 0 Å². The second-order valence-electron chi connectivity index (χ2n) is 15.5. The maximum atomic E-state index is 5.10. The van der Waals surface area contributed by atoms with Crippen LogP contribution in [0.4, 0.5) is 17.1 Å². The van der Waals surface area contributed by atoms with Gasteiger partial charge in [0.1, 0.15) is 0 Å². The molecule has 0 unspecified atom stereocenters. The van der Waals surface area contributed by atoms with E-state index in [-0.39, 0.29) is 0 Å². The van der Waals surface area contributed by atoms with Crippen molar-refractivity contribution in [3.63, 3.8) is 0 Å². The quantitative estimate of drug-likeness (QED) is 0.180. The number of anilines is 3. The van der Waals surface area contributed by atoms with Gasteiger partial charge in [-0.2, -0.15) is 0 Å². The minimum absolute atomic E-state index is 0.616. The lowest BCUT2D eigenvalue weighted by Gasteiger charge is -2.45. The predicted octanol–water partition coefficient (Wildman–Crippen LogP) is 13.4. The van der Waals surface area contributed by atoms with Crippen LogP contribution >= 0.6 is 0 Å². The average molecular weight is 739 g/mol. The zero-order valence-electron chi connectivity index (χ0n) is 31.4. The molecule has 0 saturated carbocycles. The number of hydrogen-bond acceptors (Lipinski definition) is 2.